The van der Waals surface area contributed by atoms with Gasteiger partial charge in [0.15, 0.2) is 8.07 Å². The van der Waals surface area contributed by atoms with Crippen LogP contribution in [0.15, 0.2) is 212 Å². The molecule has 0 aliphatic carbocycles. The summed E-state index contributed by atoms with van der Waals surface area (Å²) < 4.78 is 0. The third-order valence-electron chi connectivity index (χ3n) is 15.3. The fraction of sp³-hybridized carbons (Fsp3) is 0.0938. The molecule has 2 aliphatic rings. The molecular weight excluding hydrogens is 832 g/mol. The van der Waals surface area contributed by atoms with Crippen molar-refractivity contribution in [3.8, 4) is 11.1 Å². The average Bonchev–Trinajstić information content (AvgIpc) is 3.35. The summed E-state index contributed by atoms with van der Waals surface area (Å²) in [5.74, 6) is 0. The lowest BCUT2D eigenvalue weighted by Gasteiger charge is -2.45. The lowest BCUT2D eigenvalue weighted by Crippen LogP contribution is -2.75. The van der Waals surface area contributed by atoms with Gasteiger partial charge in [0.1, 0.15) is 0 Å². The van der Waals surface area contributed by atoms with Crippen LogP contribution in [-0.2, 0) is 0 Å². The third kappa shape index (κ3) is 6.45. The van der Waals surface area contributed by atoms with Gasteiger partial charge in [-0.3, -0.25) is 0 Å². The summed E-state index contributed by atoms with van der Waals surface area (Å²) in [5.41, 5.74) is 22.5. The van der Waals surface area contributed by atoms with Crippen LogP contribution in [0.4, 0.5) is 17.1 Å². The van der Waals surface area contributed by atoms with Crippen molar-refractivity contribution in [2.75, 3.05) is 4.90 Å². The monoisotopic (exact) mass is 885 g/mol. The van der Waals surface area contributed by atoms with Crippen LogP contribution < -0.4 is 58.4 Å². The van der Waals surface area contributed by atoms with Crippen molar-refractivity contribution in [3.63, 3.8) is 0 Å². The van der Waals surface area contributed by atoms with E-state index in [-0.39, 0.29) is 13.4 Å². The topological polar surface area (TPSA) is 3.24 Å². The molecule has 2 heterocycles. The van der Waals surface area contributed by atoms with Crippen molar-refractivity contribution in [1.82, 2.24) is 0 Å². The number of hydrogen-bond donors (Lipinski definition) is 0. The molecule has 0 unspecified atom stereocenters. The summed E-state index contributed by atoms with van der Waals surface area (Å²) >= 11 is 0. The van der Waals surface area contributed by atoms with Gasteiger partial charge in [0.25, 0.3) is 0 Å². The number of hydrogen-bond acceptors (Lipinski definition) is 1. The Balaban J connectivity index is 1.19. The van der Waals surface area contributed by atoms with E-state index >= 15 is 0 Å². The molecule has 10 aromatic carbocycles. The predicted octanol–water partition coefficient (Wildman–Crippen LogP) is 8.86. The van der Waals surface area contributed by atoms with E-state index in [1.807, 2.05) is 0 Å². The van der Waals surface area contributed by atoms with E-state index in [1.165, 1.54) is 126 Å². The van der Waals surface area contributed by atoms with Crippen molar-refractivity contribution in [2.45, 2.75) is 41.5 Å². The number of anilines is 3. The second kappa shape index (κ2) is 16.4. The van der Waals surface area contributed by atoms with Gasteiger partial charge < -0.3 is 4.90 Å². The van der Waals surface area contributed by atoms with Gasteiger partial charge >= 0.3 is 0 Å². The van der Waals surface area contributed by atoms with Crippen molar-refractivity contribution >= 4 is 103 Å². The number of benzene rings is 10. The molecule has 0 fully saturated rings. The Morgan fingerprint density at radius 1 is 0.353 bits per heavy atom. The van der Waals surface area contributed by atoms with Crippen LogP contribution in [0.2, 0.25) is 0 Å². The Kier molecular flexibility index (Phi) is 10.2. The molecule has 2 aliphatic heterocycles. The number of aryl methyl sites for hydroxylation is 6. The predicted molar refractivity (Wildman–Crippen MR) is 298 cm³/mol. The standard InChI is InChI=1S/C64H53B2NSi/c1-42-36-44(3)62(45(4)37-42)65-56-30-19-31-57-64(56)67(60-34-32-49(40-58(60)65)55-29-18-21-48-20-16-17-28-54(48)55)61-35-33-53(41-59(61)66(57)63-46(5)38-43(2)39-47(63)6)68(50-22-10-7-11-23-50,51-24-12-8-13-25-51)52-26-14-9-15-27-52/h7-41H,1-6H3. The molecule has 12 rings (SSSR count). The van der Waals surface area contributed by atoms with Crippen LogP contribution in [0.5, 0.6) is 0 Å². The van der Waals surface area contributed by atoms with Crippen LogP contribution in [0.3, 0.4) is 0 Å². The van der Waals surface area contributed by atoms with Crippen LogP contribution in [0.1, 0.15) is 33.4 Å². The summed E-state index contributed by atoms with van der Waals surface area (Å²) in [6, 6.07) is 81.5. The minimum Gasteiger partial charge on any atom is -0.313 e. The second-order valence-electron chi connectivity index (χ2n) is 19.5. The highest BCUT2D eigenvalue weighted by Gasteiger charge is 2.47. The summed E-state index contributed by atoms with van der Waals surface area (Å²) in [6.07, 6.45) is 0. The van der Waals surface area contributed by atoms with Crippen molar-refractivity contribution in [3.05, 3.63) is 246 Å². The van der Waals surface area contributed by atoms with Crippen LogP contribution in [-0.4, -0.2) is 21.5 Å². The first-order valence-electron chi connectivity index (χ1n) is 24.2. The van der Waals surface area contributed by atoms with Gasteiger partial charge in [0.05, 0.1) is 0 Å². The normalized spacial score (nSPS) is 12.8. The van der Waals surface area contributed by atoms with E-state index in [4.69, 9.17) is 0 Å². The maximum atomic E-state index is 2.66. The van der Waals surface area contributed by atoms with Gasteiger partial charge in [-0.25, -0.2) is 0 Å². The first kappa shape index (κ1) is 42.0. The molecule has 0 radical (unpaired) electrons. The molecule has 0 amide bonds. The Labute approximate surface area is 404 Å². The SMILES string of the molecule is Cc1cc(C)c(B2c3cc(-c4cccc5ccccc45)ccc3N3c4ccc([Si](c5ccccc5)(c5ccccc5)c5ccccc5)cc4B(c4c(C)cc(C)cc4C)c4cccc2c43)c(C)c1. The van der Waals surface area contributed by atoms with E-state index < -0.39 is 8.07 Å². The Hall–Kier alpha value is -7.39. The largest absolute Gasteiger partial charge is 0.313 e. The van der Waals surface area contributed by atoms with Gasteiger partial charge in [-0.2, -0.15) is 0 Å². The molecule has 1 nitrogen and oxygen atoms in total. The van der Waals surface area contributed by atoms with E-state index in [2.05, 4.69) is 259 Å². The quantitative estimate of drug-likeness (QED) is 0.114. The molecule has 324 valence electrons. The second-order valence-corrected chi connectivity index (χ2v) is 23.3. The minimum absolute atomic E-state index is 0.00291. The smallest absolute Gasteiger partial charge is 0.247 e. The molecular formula is C64H53B2NSi. The Morgan fingerprint density at radius 3 is 1.32 bits per heavy atom. The fourth-order valence-corrected chi connectivity index (χ4v) is 17.6. The van der Waals surface area contributed by atoms with Crippen molar-refractivity contribution in [1.29, 1.82) is 0 Å². The van der Waals surface area contributed by atoms with Crippen molar-refractivity contribution in [2.24, 2.45) is 0 Å². The first-order valence-corrected chi connectivity index (χ1v) is 26.2. The highest BCUT2D eigenvalue weighted by atomic mass is 28.3. The zero-order valence-electron chi connectivity index (χ0n) is 39.8. The molecule has 10 aromatic rings. The molecule has 0 spiro atoms. The molecule has 0 atom stereocenters. The van der Waals surface area contributed by atoms with E-state index in [0.29, 0.717) is 0 Å². The summed E-state index contributed by atoms with van der Waals surface area (Å²) in [7, 11) is -2.88. The van der Waals surface area contributed by atoms with Gasteiger partial charge in [-0.15, -0.1) is 0 Å². The van der Waals surface area contributed by atoms with Gasteiger partial charge in [0, 0.05) is 17.1 Å². The van der Waals surface area contributed by atoms with E-state index in [9.17, 15) is 0 Å². The first-order chi connectivity index (χ1) is 33.2. The maximum absolute atomic E-state index is 2.88. The van der Waals surface area contributed by atoms with Gasteiger partial charge in [-0.1, -0.05) is 244 Å². The molecule has 0 saturated heterocycles. The van der Waals surface area contributed by atoms with E-state index in [0.717, 1.165) is 0 Å². The van der Waals surface area contributed by atoms with Crippen LogP contribution >= 0.6 is 0 Å². The number of rotatable bonds is 7. The summed E-state index contributed by atoms with van der Waals surface area (Å²) in [5, 5.41) is 8.06. The number of fused-ring (bicyclic) bond motifs is 5. The highest BCUT2D eigenvalue weighted by molar-refractivity contribution is 7.20. The van der Waals surface area contributed by atoms with Crippen LogP contribution in [0, 0.1) is 41.5 Å². The maximum Gasteiger partial charge on any atom is 0.247 e. The molecule has 0 saturated carbocycles. The van der Waals surface area contributed by atoms with Gasteiger partial charge in [-0.05, 0) is 118 Å². The van der Waals surface area contributed by atoms with Crippen molar-refractivity contribution < 1.29 is 0 Å². The number of para-hydroxylation sites is 1. The Morgan fingerprint density at radius 2 is 0.794 bits per heavy atom. The third-order valence-corrected chi connectivity index (χ3v) is 20.1. The van der Waals surface area contributed by atoms with E-state index in [1.54, 1.807) is 0 Å². The zero-order chi connectivity index (χ0) is 46.3. The lowest BCUT2D eigenvalue weighted by molar-refractivity contribution is 1.30. The molecule has 0 bridgehead atoms. The summed E-state index contributed by atoms with van der Waals surface area (Å²) in [6.45, 7) is 13.8. The minimum atomic E-state index is -2.88. The Bertz CT molecular complexity index is 3450. The molecule has 0 aromatic heterocycles. The lowest BCUT2D eigenvalue weighted by atomic mass is 9.29. The zero-order valence-corrected chi connectivity index (χ0v) is 40.8. The molecule has 4 heteroatoms. The summed E-state index contributed by atoms with van der Waals surface area (Å²) in [4.78, 5) is 2.66. The van der Waals surface area contributed by atoms with Crippen LogP contribution in [0.25, 0.3) is 21.9 Å². The molecule has 0 N–H and O–H groups in total. The average molecular weight is 886 g/mol. The number of nitrogens with zero attached hydrogens (tertiary/aromatic N) is 1. The fourth-order valence-electron chi connectivity index (χ4n) is 12.8. The molecule has 68 heavy (non-hydrogen) atoms. The van der Waals surface area contributed by atoms with Gasteiger partial charge in [0.2, 0.25) is 13.4 Å². The highest BCUT2D eigenvalue weighted by Crippen LogP contribution is 2.40.